The summed E-state index contributed by atoms with van der Waals surface area (Å²) in [5, 5.41) is 23.4. The number of hydrogen-bond acceptors (Lipinski definition) is 4. The van der Waals surface area contributed by atoms with Crippen molar-refractivity contribution < 1.29 is 23.7 Å². The zero-order valence-corrected chi connectivity index (χ0v) is 12.7. The molecule has 2 atom stereocenters. The van der Waals surface area contributed by atoms with E-state index in [0.717, 1.165) is 6.07 Å². The second kappa shape index (κ2) is 7.46. The first-order valence-corrected chi connectivity index (χ1v) is 7.56. The lowest BCUT2D eigenvalue weighted by Gasteiger charge is -2.34. The average molecular weight is 315 g/mol. The molecule has 6 heteroatoms. The minimum absolute atomic E-state index is 0.223. The van der Waals surface area contributed by atoms with Crippen LogP contribution in [0, 0.1) is 11.6 Å². The standard InChI is InChI=1S/C16H23F2NO3/c1-11(14-3-2-12(17)8-15(14)18)19-10-13(20)9-16(21)4-6-22-7-5-16/h2-3,8,11,13,19-21H,4-7,9-10H2,1H3/t11-,13?/m0/s1. The highest BCUT2D eigenvalue weighted by atomic mass is 19.1. The molecule has 1 aromatic rings. The van der Waals surface area contributed by atoms with Crippen molar-refractivity contribution in [1.29, 1.82) is 0 Å². The third kappa shape index (κ3) is 4.71. The summed E-state index contributed by atoms with van der Waals surface area (Å²) in [7, 11) is 0. The summed E-state index contributed by atoms with van der Waals surface area (Å²) < 4.78 is 31.7. The van der Waals surface area contributed by atoms with Crippen molar-refractivity contribution in [1.82, 2.24) is 5.32 Å². The number of halogens is 2. The maximum absolute atomic E-state index is 13.7. The van der Waals surface area contributed by atoms with Crippen LogP contribution in [-0.4, -0.2) is 41.7 Å². The van der Waals surface area contributed by atoms with Gasteiger partial charge in [-0.2, -0.15) is 0 Å². The minimum Gasteiger partial charge on any atom is -0.392 e. The highest BCUT2D eigenvalue weighted by Gasteiger charge is 2.32. The molecule has 1 aromatic carbocycles. The van der Waals surface area contributed by atoms with E-state index in [4.69, 9.17) is 4.74 Å². The lowest BCUT2D eigenvalue weighted by Crippen LogP contribution is -2.42. The van der Waals surface area contributed by atoms with Gasteiger partial charge >= 0.3 is 0 Å². The molecule has 0 spiro atoms. The van der Waals surface area contributed by atoms with Gasteiger partial charge in [-0.25, -0.2) is 8.78 Å². The van der Waals surface area contributed by atoms with Crippen LogP contribution >= 0.6 is 0 Å². The molecule has 4 nitrogen and oxygen atoms in total. The fourth-order valence-corrected chi connectivity index (χ4v) is 2.74. The molecule has 22 heavy (non-hydrogen) atoms. The number of aliphatic hydroxyl groups is 2. The summed E-state index contributed by atoms with van der Waals surface area (Å²) in [5.41, 5.74) is -0.553. The molecule has 0 aromatic heterocycles. The molecule has 1 aliphatic heterocycles. The van der Waals surface area contributed by atoms with Gasteiger partial charge in [0, 0.05) is 43.9 Å². The van der Waals surface area contributed by atoms with E-state index >= 15 is 0 Å². The SMILES string of the molecule is C[C@H](NCC(O)CC1(O)CCOCC1)c1ccc(F)cc1F. The second-order valence-corrected chi connectivity index (χ2v) is 5.99. The summed E-state index contributed by atoms with van der Waals surface area (Å²) in [6.07, 6.45) is 0.523. The number of aliphatic hydroxyl groups excluding tert-OH is 1. The predicted molar refractivity (Wildman–Crippen MR) is 78.4 cm³/mol. The maximum Gasteiger partial charge on any atom is 0.130 e. The van der Waals surface area contributed by atoms with Crippen molar-refractivity contribution in [2.24, 2.45) is 0 Å². The molecule has 1 fully saturated rings. The van der Waals surface area contributed by atoms with Crippen LogP contribution in [0.25, 0.3) is 0 Å². The van der Waals surface area contributed by atoms with Crippen molar-refractivity contribution in [2.45, 2.75) is 43.9 Å². The van der Waals surface area contributed by atoms with Gasteiger partial charge < -0.3 is 20.3 Å². The minimum atomic E-state index is -0.899. The van der Waals surface area contributed by atoms with E-state index in [9.17, 15) is 19.0 Å². The van der Waals surface area contributed by atoms with Gasteiger partial charge in [0.15, 0.2) is 0 Å². The van der Waals surface area contributed by atoms with Crippen LogP contribution in [0.2, 0.25) is 0 Å². The van der Waals surface area contributed by atoms with Crippen molar-refractivity contribution in [3.63, 3.8) is 0 Å². The molecule has 1 unspecified atom stereocenters. The second-order valence-electron chi connectivity index (χ2n) is 5.99. The number of benzene rings is 1. The first kappa shape index (κ1) is 17.3. The average Bonchev–Trinajstić information content (AvgIpc) is 2.45. The Morgan fingerprint density at radius 3 is 2.64 bits per heavy atom. The van der Waals surface area contributed by atoms with Crippen molar-refractivity contribution >= 4 is 0 Å². The van der Waals surface area contributed by atoms with Gasteiger partial charge in [0.25, 0.3) is 0 Å². The molecule has 1 saturated heterocycles. The zero-order chi connectivity index (χ0) is 16.2. The lowest BCUT2D eigenvalue weighted by molar-refractivity contribution is -0.0862. The number of ether oxygens (including phenoxy) is 1. The molecule has 1 heterocycles. The van der Waals surface area contributed by atoms with Crippen LogP contribution in [0.4, 0.5) is 8.78 Å². The quantitative estimate of drug-likeness (QED) is 0.750. The Hall–Kier alpha value is -1.08. The molecule has 0 radical (unpaired) electrons. The highest BCUT2D eigenvalue weighted by molar-refractivity contribution is 5.21. The first-order chi connectivity index (χ1) is 10.4. The summed E-state index contributed by atoms with van der Waals surface area (Å²) in [4.78, 5) is 0. The Bertz CT molecular complexity index is 492. The number of hydrogen-bond donors (Lipinski definition) is 3. The van der Waals surface area contributed by atoms with Gasteiger partial charge in [-0.1, -0.05) is 6.07 Å². The van der Waals surface area contributed by atoms with Crippen LogP contribution in [0.15, 0.2) is 18.2 Å². The van der Waals surface area contributed by atoms with E-state index in [-0.39, 0.29) is 19.0 Å². The van der Waals surface area contributed by atoms with Crippen LogP contribution < -0.4 is 5.32 Å². The predicted octanol–water partition coefficient (Wildman–Crippen LogP) is 1.91. The fourth-order valence-electron chi connectivity index (χ4n) is 2.74. The van der Waals surface area contributed by atoms with Crippen molar-refractivity contribution in [2.75, 3.05) is 19.8 Å². The van der Waals surface area contributed by atoms with E-state index in [1.54, 1.807) is 6.92 Å². The molecule has 0 saturated carbocycles. The summed E-state index contributed by atoms with van der Waals surface area (Å²) in [5.74, 6) is -1.23. The highest BCUT2D eigenvalue weighted by Crippen LogP contribution is 2.26. The molecule has 0 amide bonds. The summed E-state index contributed by atoms with van der Waals surface area (Å²) in [6, 6.07) is 3.08. The van der Waals surface area contributed by atoms with Crippen molar-refractivity contribution in [3.05, 3.63) is 35.4 Å². The van der Waals surface area contributed by atoms with E-state index in [1.165, 1.54) is 12.1 Å². The van der Waals surface area contributed by atoms with Crippen LogP contribution in [0.5, 0.6) is 0 Å². The Balaban J connectivity index is 1.83. The Labute approximate surface area is 129 Å². The Kier molecular flexibility index (Phi) is 5.86. The molecular formula is C16H23F2NO3. The molecule has 1 aliphatic rings. The zero-order valence-electron chi connectivity index (χ0n) is 12.7. The van der Waals surface area contributed by atoms with E-state index in [1.807, 2.05) is 0 Å². The largest absolute Gasteiger partial charge is 0.392 e. The van der Waals surface area contributed by atoms with Crippen LogP contribution in [0.1, 0.15) is 37.8 Å². The molecular weight excluding hydrogens is 292 g/mol. The molecule has 3 N–H and O–H groups in total. The van der Waals surface area contributed by atoms with Crippen molar-refractivity contribution in [3.8, 4) is 0 Å². The topological polar surface area (TPSA) is 61.7 Å². The van der Waals surface area contributed by atoms with E-state index < -0.39 is 23.3 Å². The summed E-state index contributed by atoms with van der Waals surface area (Å²) in [6.45, 7) is 2.95. The van der Waals surface area contributed by atoms with Gasteiger partial charge in [0.05, 0.1) is 11.7 Å². The normalized spacial score (nSPS) is 20.6. The smallest absolute Gasteiger partial charge is 0.130 e. The van der Waals surface area contributed by atoms with Gasteiger partial charge in [-0.3, -0.25) is 0 Å². The Morgan fingerprint density at radius 1 is 1.32 bits per heavy atom. The number of nitrogens with one attached hydrogen (secondary N) is 1. The van der Waals surface area contributed by atoms with Gasteiger partial charge in [0.2, 0.25) is 0 Å². The van der Waals surface area contributed by atoms with E-state index in [0.29, 0.717) is 31.6 Å². The monoisotopic (exact) mass is 315 g/mol. The van der Waals surface area contributed by atoms with Gasteiger partial charge in [-0.15, -0.1) is 0 Å². The van der Waals surface area contributed by atoms with Gasteiger partial charge in [-0.05, 0) is 25.8 Å². The summed E-state index contributed by atoms with van der Waals surface area (Å²) >= 11 is 0. The molecule has 2 rings (SSSR count). The van der Waals surface area contributed by atoms with E-state index in [2.05, 4.69) is 5.32 Å². The maximum atomic E-state index is 13.7. The molecule has 0 bridgehead atoms. The number of rotatable bonds is 6. The molecule has 0 aliphatic carbocycles. The van der Waals surface area contributed by atoms with Crippen LogP contribution in [-0.2, 0) is 4.74 Å². The first-order valence-electron chi connectivity index (χ1n) is 7.56. The third-order valence-electron chi connectivity index (χ3n) is 4.13. The Morgan fingerprint density at radius 2 is 2.00 bits per heavy atom. The fraction of sp³-hybridized carbons (Fsp3) is 0.625. The molecule has 124 valence electrons. The lowest BCUT2D eigenvalue weighted by atomic mass is 9.88. The van der Waals surface area contributed by atoms with Gasteiger partial charge in [0.1, 0.15) is 11.6 Å². The third-order valence-corrected chi connectivity index (χ3v) is 4.13. The van der Waals surface area contributed by atoms with Crippen LogP contribution in [0.3, 0.4) is 0 Å².